The molecule has 1 aliphatic rings. The van der Waals surface area contributed by atoms with Crippen LogP contribution in [0.4, 0.5) is 5.82 Å². The first-order valence-corrected chi connectivity index (χ1v) is 10.6. The minimum Gasteiger partial charge on any atom is -0.254 e. The lowest BCUT2D eigenvalue weighted by Crippen LogP contribution is -2.41. The van der Waals surface area contributed by atoms with E-state index >= 15 is 0 Å². The van der Waals surface area contributed by atoms with Crippen LogP contribution >= 0.6 is 0 Å². The Kier molecular flexibility index (Phi) is 4.99. The molecule has 142 valence electrons. The average Bonchev–Trinajstić information content (AvgIpc) is 2.73. The second-order valence-corrected chi connectivity index (χ2v) is 8.57. The van der Waals surface area contributed by atoms with Crippen LogP contribution in [0.3, 0.4) is 0 Å². The number of para-hydroxylation sites is 1. The molecule has 1 aliphatic heterocycles. The molecular formula is C21H20N4O2S. The number of anilines is 1. The number of benzene rings is 2. The zero-order valence-corrected chi connectivity index (χ0v) is 16.1. The number of hydrogen-bond acceptors (Lipinski definition) is 4. The van der Waals surface area contributed by atoms with Crippen molar-refractivity contribution in [3.05, 3.63) is 71.8 Å². The van der Waals surface area contributed by atoms with Gasteiger partial charge in [-0.2, -0.15) is 18.0 Å². The summed E-state index contributed by atoms with van der Waals surface area (Å²) in [7, 11) is -3.64. The number of rotatable bonds is 4. The van der Waals surface area contributed by atoms with E-state index in [4.69, 9.17) is 5.26 Å². The van der Waals surface area contributed by atoms with Gasteiger partial charge in [-0.3, -0.25) is 4.72 Å². The zero-order valence-electron chi connectivity index (χ0n) is 15.2. The van der Waals surface area contributed by atoms with Gasteiger partial charge in [0.15, 0.2) is 0 Å². The van der Waals surface area contributed by atoms with Gasteiger partial charge < -0.3 is 0 Å². The first kappa shape index (κ1) is 18.4. The van der Waals surface area contributed by atoms with Gasteiger partial charge in [-0.15, -0.1) is 0 Å². The summed E-state index contributed by atoms with van der Waals surface area (Å²) in [5.74, 6) is 0.630. The van der Waals surface area contributed by atoms with Crippen molar-refractivity contribution in [2.24, 2.45) is 0 Å². The highest BCUT2D eigenvalue weighted by molar-refractivity contribution is 7.90. The topological polar surface area (TPSA) is 86.1 Å². The molecule has 1 fully saturated rings. The molecule has 28 heavy (non-hydrogen) atoms. The Labute approximate surface area is 164 Å². The maximum atomic E-state index is 12.8. The quantitative estimate of drug-likeness (QED) is 0.734. The maximum Gasteiger partial charge on any atom is 0.302 e. The standard InChI is InChI=1S/C21H20N4O2S/c22-15-16-5-7-17(8-6-16)18-11-13-25(14-12-18)28(26,27)24-21-10-9-19-3-1-2-4-20(19)23-21/h1-10,18H,11-14H2,(H,23,24). The highest BCUT2D eigenvalue weighted by atomic mass is 32.2. The van der Waals surface area contributed by atoms with Gasteiger partial charge >= 0.3 is 10.2 Å². The number of piperidine rings is 1. The fourth-order valence-electron chi connectivity index (χ4n) is 3.58. The fraction of sp³-hybridized carbons (Fsp3) is 0.238. The molecule has 1 N–H and O–H groups in total. The number of aromatic nitrogens is 1. The minimum absolute atomic E-state index is 0.304. The number of hydrogen-bond donors (Lipinski definition) is 1. The van der Waals surface area contributed by atoms with Crippen LogP contribution in [0.15, 0.2) is 60.7 Å². The third kappa shape index (κ3) is 3.84. The van der Waals surface area contributed by atoms with E-state index in [1.807, 2.05) is 54.6 Å². The van der Waals surface area contributed by atoms with Gasteiger partial charge in [-0.05, 0) is 54.7 Å². The van der Waals surface area contributed by atoms with Crippen molar-refractivity contribution < 1.29 is 8.42 Å². The highest BCUT2D eigenvalue weighted by Crippen LogP contribution is 2.29. The highest BCUT2D eigenvalue weighted by Gasteiger charge is 2.29. The molecule has 2 aromatic carbocycles. The maximum absolute atomic E-state index is 12.8. The molecule has 4 rings (SSSR count). The Hall–Kier alpha value is -2.95. The molecule has 3 aromatic rings. The van der Waals surface area contributed by atoms with E-state index in [0.29, 0.717) is 30.4 Å². The molecule has 7 heteroatoms. The van der Waals surface area contributed by atoms with Crippen molar-refractivity contribution in [3.63, 3.8) is 0 Å². The third-order valence-corrected chi connectivity index (χ3v) is 6.65. The monoisotopic (exact) mass is 392 g/mol. The first-order chi connectivity index (χ1) is 13.5. The summed E-state index contributed by atoms with van der Waals surface area (Å²) >= 11 is 0. The Morgan fingerprint density at radius 1 is 1.00 bits per heavy atom. The van der Waals surface area contributed by atoms with Gasteiger partial charge in [0.2, 0.25) is 0 Å². The smallest absolute Gasteiger partial charge is 0.254 e. The number of nitrogens with zero attached hydrogens (tertiary/aromatic N) is 3. The molecule has 0 atom stereocenters. The van der Waals surface area contributed by atoms with E-state index in [-0.39, 0.29) is 0 Å². The second-order valence-electron chi connectivity index (χ2n) is 6.90. The van der Waals surface area contributed by atoms with Crippen LogP contribution in [0.1, 0.15) is 29.9 Å². The van der Waals surface area contributed by atoms with Gasteiger partial charge in [0.1, 0.15) is 5.82 Å². The normalized spacial score (nSPS) is 16.0. The van der Waals surface area contributed by atoms with Crippen LogP contribution in [0, 0.1) is 11.3 Å². The number of fused-ring (bicyclic) bond motifs is 1. The summed E-state index contributed by atoms with van der Waals surface area (Å²) < 4.78 is 29.6. The predicted molar refractivity (Wildman–Crippen MR) is 109 cm³/mol. The SMILES string of the molecule is N#Cc1ccc(C2CCN(S(=O)(=O)Nc3ccc4ccccc4n3)CC2)cc1. The average molecular weight is 392 g/mol. The fourth-order valence-corrected chi connectivity index (χ4v) is 4.78. The molecular weight excluding hydrogens is 372 g/mol. The Balaban J connectivity index is 1.43. The second kappa shape index (κ2) is 7.58. The largest absolute Gasteiger partial charge is 0.302 e. The van der Waals surface area contributed by atoms with Crippen LogP contribution in [0.5, 0.6) is 0 Å². The van der Waals surface area contributed by atoms with E-state index in [1.54, 1.807) is 6.07 Å². The van der Waals surface area contributed by atoms with Gasteiger partial charge in [-0.1, -0.05) is 30.3 Å². The molecule has 6 nitrogen and oxygen atoms in total. The lowest BCUT2D eigenvalue weighted by molar-refractivity contribution is 0.321. The van der Waals surface area contributed by atoms with Gasteiger partial charge in [-0.25, -0.2) is 4.98 Å². The number of nitriles is 1. The molecule has 0 spiro atoms. The molecule has 2 heterocycles. The molecule has 0 radical (unpaired) electrons. The Morgan fingerprint density at radius 2 is 1.71 bits per heavy atom. The van der Waals surface area contributed by atoms with Crippen molar-refractivity contribution in [1.82, 2.24) is 9.29 Å². The van der Waals surface area contributed by atoms with Gasteiger partial charge in [0, 0.05) is 18.5 Å². The number of nitrogens with one attached hydrogen (secondary N) is 1. The summed E-state index contributed by atoms with van der Waals surface area (Å²) in [5.41, 5.74) is 2.54. The van der Waals surface area contributed by atoms with Crippen LogP contribution in [-0.4, -0.2) is 30.8 Å². The van der Waals surface area contributed by atoms with Crippen molar-refractivity contribution in [1.29, 1.82) is 5.26 Å². The molecule has 0 bridgehead atoms. The van der Waals surface area contributed by atoms with Crippen LogP contribution in [0.2, 0.25) is 0 Å². The summed E-state index contributed by atoms with van der Waals surface area (Å²) in [5, 5.41) is 9.87. The van der Waals surface area contributed by atoms with E-state index in [0.717, 1.165) is 29.3 Å². The zero-order chi connectivity index (χ0) is 19.6. The van der Waals surface area contributed by atoms with Crippen molar-refractivity contribution in [2.75, 3.05) is 17.8 Å². The van der Waals surface area contributed by atoms with Crippen molar-refractivity contribution >= 4 is 26.9 Å². The van der Waals surface area contributed by atoms with E-state index in [2.05, 4.69) is 15.8 Å². The minimum atomic E-state index is -3.64. The van der Waals surface area contributed by atoms with Crippen LogP contribution < -0.4 is 4.72 Å². The predicted octanol–water partition coefficient (Wildman–Crippen LogP) is 3.64. The van der Waals surface area contributed by atoms with Crippen LogP contribution in [-0.2, 0) is 10.2 Å². The van der Waals surface area contributed by atoms with Crippen LogP contribution in [0.25, 0.3) is 10.9 Å². The molecule has 0 amide bonds. The van der Waals surface area contributed by atoms with E-state index < -0.39 is 10.2 Å². The van der Waals surface area contributed by atoms with Gasteiger partial charge in [0.05, 0.1) is 17.1 Å². The molecule has 1 aromatic heterocycles. The van der Waals surface area contributed by atoms with E-state index in [1.165, 1.54) is 4.31 Å². The summed E-state index contributed by atoms with van der Waals surface area (Å²) in [4.78, 5) is 4.39. The lowest BCUT2D eigenvalue weighted by atomic mass is 9.90. The summed E-state index contributed by atoms with van der Waals surface area (Å²) in [6.07, 6.45) is 1.50. The van der Waals surface area contributed by atoms with Gasteiger partial charge in [0.25, 0.3) is 0 Å². The summed E-state index contributed by atoms with van der Waals surface area (Å²) in [6, 6.07) is 20.8. The van der Waals surface area contributed by atoms with Crippen molar-refractivity contribution in [3.8, 4) is 6.07 Å². The molecule has 0 saturated carbocycles. The lowest BCUT2D eigenvalue weighted by Gasteiger charge is -2.31. The summed E-state index contributed by atoms with van der Waals surface area (Å²) in [6.45, 7) is 0.904. The Morgan fingerprint density at radius 3 is 2.43 bits per heavy atom. The van der Waals surface area contributed by atoms with E-state index in [9.17, 15) is 8.42 Å². The molecule has 0 unspecified atom stereocenters. The first-order valence-electron chi connectivity index (χ1n) is 9.19. The van der Waals surface area contributed by atoms with Crippen molar-refractivity contribution in [2.45, 2.75) is 18.8 Å². The third-order valence-electron chi connectivity index (χ3n) is 5.14. The Bertz CT molecular complexity index is 1130. The number of pyridine rings is 1. The molecule has 0 aliphatic carbocycles. The molecule has 1 saturated heterocycles.